The molecule has 4 rings (SSSR count). The molecule has 1 atom stereocenters. The van der Waals surface area contributed by atoms with Crippen LogP contribution in [0.5, 0.6) is 11.6 Å². The molecule has 0 fully saturated rings. The Morgan fingerprint density at radius 2 is 2.00 bits per heavy atom. The SMILES string of the molecule is CC(Oc1ccc(Cc2sc(=O)[nH]c2O)cc1)c1nc2ccc(Cl)cc2[nH]1. The number of aromatic amines is 2. The van der Waals surface area contributed by atoms with E-state index in [1.54, 1.807) is 6.07 Å². The zero-order valence-corrected chi connectivity index (χ0v) is 15.9. The number of thiazole rings is 1. The molecular weight excluding hydrogens is 386 g/mol. The number of halogens is 1. The topological polar surface area (TPSA) is 91.0 Å². The molecule has 2 aromatic carbocycles. The minimum atomic E-state index is -0.263. The molecule has 0 saturated carbocycles. The highest BCUT2D eigenvalue weighted by molar-refractivity contribution is 7.09. The quantitative estimate of drug-likeness (QED) is 0.462. The van der Waals surface area contributed by atoms with Crippen molar-refractivity contribution in [3.8, 4) is 11.6 Å². The molecule has 0 spiro atoms. The number of benzene rings is 2. The Hall–Kier alpha value is -2.77. The second-order valence-electron chi connectivity index (χ2n) is 6.15. The number of nitrogens with zero attached hydrogens (tertiary/aromatic N) is 1. The van der Waals surface area contributed by atoms with E-state index in [4.69, 9.17) is 16.3 Å². The maximum absolute atomic E-state index is 11.3. The standard InChI is InChI=1S/C19H16ClN3O3S/c1-10(17-21-14-7-4-12(20)9-15(14)22-17)26-13-5-2-11(3-6-13)8-16-18(24)23-19(25)27-16/h2-7,9-10,24H,8H2,1H3,(H,21,22)(H,23,25). The van der Waals surface area contributed by atoms with Gasteiger partial charge in [0.1, 0.15) is 11.6 Å². The van der Waals surface area contributed by atoms with E-state index in [-0.39, 0.29) is 16.9 Å². The van der Waals surface area contributed by atoms with Crippen molar-refractivity contribution in [2.75, 3.05) is 0 Å². The van der Waals surface area contributed by atoms with Crippen LogP contribution in [-0.4, -0.2) is 20.1 Å². The number of nitrogens with one attached hydrogen (secondary N) is 2. The van der Waals surface area contributed by atoms with E-state index in [1.807, 2.05) is 43.3 Å². The minimum absolute atomic E-state index is 0.0658. The lowest BCUT2D eigenvalue weighted by Crippen LogP contribution is -2.05. The summed E-state index contributed by atoms with van der Waals surface area (Å²) < 4.78 is 5.96. The Balaban J connectivity index is 1.47. The van der Waals surface area contributed by atoms with Crippen molar-refractivity contribution in [3.63, 3.8) is 0 Å². The highest BCUT2D eigenvalue weighted by Gasteiger charge is 2.13. The molecule has 4 aromatic rings. The van der Waals surface area contributed by atoms with Gasteiger partial charge >= 0.3 is 4.87 Å². The monoisotopic (exact) mass is 401 g/mol. The normalized spacial score (nSPS) is 12.4. The largest absolute Gasteiger partial charge is 0.494 e. The van der Waals surface area contributed by atoms with Gasteiger partial charge in [0, 0.05) is 11.4 Å². The molecule has 2 aromatic heterocycles. The van der Waals surface area contributed by atoms with Gasteiger partial charge in [0.05, 0.1) is 15.9 Å². The van der Waals surface area contributed by atoms with Crippen molar-refractivity contribution in [2.24, 2.45) is 0 Å². The number of hydrogen-bond acceptors (Lipinski definition) is 5. The Kier molecular flexibility index (Phi) is 4.63. The molecule has 27 heavy (non-hydrogen) atoms. The van der Waals surface area contributed by atoms with E-state index in [1.165, 1.54) is 0 Å². The summed E-state index contributed by atoms with van der Waals surface area (Å²) in [5, 5.41) is 10.3. The van der Waals surface area contributed by atoms with Crippen molar-refractivity contribution in [1.29, 1.82) is 0 Å². The first-order chi connectivity index (χ1) is 13.0. The molecule has 0 bridgehead atoms. The Morgan fingerprint density at radius 3 is 2.70 bits per heavy atom. The van der Waals surface area contributed by atoms with Crippen LogP contribution in [0.3, 0.4) is 0 Å². The van der Waals surface area contributed by atoms with Crippen LogP contribution in [0.15, 0.2) is 47.3 Å². The summed E-state index contributed by atoms with van der Waals surface area (Å²) in [5.41, 5.74) is 2.68. The van der Waals surface area contributed by atoms with Gasteiger partial charge in [-0.3, -0.25) is 9.78 Å². The second kappa shape index (κ2) is 7.09. The summed E-state index contributed by atoms with van der Waals surface area (Å²) in [4.78, 5) is 21.8. The zero-order valence-electron chi connectivity index (χ0n) is 14.3. The van der Waals surface area contributed by atoms with Gasteiger partial charge in [-0.1, -0.05) is 35.1 Å². The highest BCUT2D eigenvalue weighted by atomic mass is 35.5. The first-order valence-corrected chi connectivity index (χ1v) is 9.49. The van der Waals surface area contributed by atoms with Gasteiger partial charge in [0.25, 0.3) is 0 Å². The number of aromatic hydroxyl groups is 1. The van der Waals surface area contributed by atoms with Gasteiger partial charge in [-0.05, 0) is 42.8 Å². The van der Waals surface area contributed by atoms with Crippen molar-refractivity contribution in [1.82, 2.24) is 15.0 Å². The molecule has 0 radical (unpaired) electrons. The molecule has 6 nitrogen and oxygen atoms in total. The van der Waals surface area contributed by atoms with E-state index in [2.05, 4.69) is 15.0 Å². The van der Waals surface area contributed by atoms with Gasteiger partial charge in [0.15, 0.2) is 6.10 Å². The summed E-state index contributed by atoms with van der Waals surface area (Å²) in [6.07, 6.45) is 0.219. The lowest BCUT2D eigenvalue weighted by molar-refractivity contribution is 0.218. The van der Waals surface area contributed by atoms with Crippen LogP contribution in [0.25, 0.3) is 11.0 Å². The number of ether oxygens (including phenoxy) is 1. The molecule has 3 N–H and O–H groups in total. The van der Waals surface area contributed by atoms with Crippen LogP contribution in [0.4, 0.5) is 0 Å². The molecule has 0 amide bonds. The van der Waals surface area contributed by atoms with Gasteiger partial charge < -0.3 is 14.8 Å². The lowest BCUT2D eigenvalue weighted by atomic mass is 10.1. The third-order valence-electron chi connectivity index (χ3n) is 4.15. The van der Waals surface area contributed by atoms with E-state index in [9.17, 15) is 9.90 Å². The molecule has 0 saturated heterocycles. The van der Waals surface area contributed by atoms with Gasteiger partial charge in [-0.2, -0.15) is 0 Å². The van der Waals surface area contributed by atoms with Crippen LogP contribution in [0.1, 0.15) is 29.3 Å². The third-order valence-corrected chi connectivity index (χ3v) is 5.26. The summed E-state index contributed by atoms with van der Waals surface area (Å²) in [6, 6.07) is 13.0. The first-order valence-electron chi connectivity index (χ1n) is 8.29. The van der Waals surface area contributed by atoms with E-state index < -0.39 is 0 Å². The molecular formula is C19H16ClN3O3S. The summed E-state index contributed by atoms with van der Waals surface area (Å²) in [7, 11) is 0. The molecule has 2 heterocycles. The van der Waals surface area contributed by atoms with Crippen LogP contribution in [0, 0.1) is 0 Å². The predicted octanol–water partition coefficient (Wildman–Crippen LogP) is 4.40. The number of H-pyrrole nitrogens is 2. The molecule has 0 aliphatic carbocycles. The number of aromatic nitrogens is 3. The maximum atomic E-state index is 11.3. The summed E-state index contributed by atoms with van der Waals surface area (Å²) in [6.45, 7) is 1.92. The first kappa shape index (κ1) is 17.6. The van der Waals surface area contributed by atoms with E-state index in [0.717, 1.165) is 33.8 Å². The van der Waals surface area contributed by atoms with Gasteiger partial charge in [-0.15, -0.1) is 0 Å². The summed E-state index contributed by atoms with van der Waals surface area (Å²) in [5.74, 6) is 1.36. The highest BCUT2D eigenvalue weighted by Crippen LogP contribution is 2.25. The minimum Gasteiger partial charge on any atom is -0.494 e. The smallest absolute Gasteiger partial charge is 0.307 e. The van der Waals surface area contributed by atoms with Crippen LogP contribution >= 0.6 is 22.9 Å². The zero-order chi connectivity index (χ0) is 19.0. The maximum Gasteiger partial charge on any atom is 0.307 e. The Labute approximate surface area is 163 Å². The lowest BCUT2D eigenvalue weighted by Gasteiger charge is -2.12. The Morgan fingerprint density at radius 1 is 1.22 bits per heavy atom. The Bertz CT molecular complexity index is 1150. The molecule has 8 heteroatoms. The average Bonchev–Trinajstić information content (AvgIpc) is 3.19. The second-order valence-corrected chi connectivity index (χ2v) is 7.65. The average molecular weight is 402 g/mol. The fourth-order valence-corrected chi connectivity index (χ4v) is 3.73. The van der Waals surface area contributed by atoms with E-state index in [0.29, 0.717) is 22.1 Å². The fraction of sp³-hybridized carbons (Fsp3) is 0.158. The molecule has 1 unspecified atom stereocenters. The van der Waals surface area contributed by atoms with Crippen LogP contribution in [0.2, 0.25) is 5.02 Å². The van der Waals surface area contributed by atoms with Crippen molar-refractivity contribution in [2.45, 2.75) is 19.4 Å². The predicted molar refractivity (Wildman–Crippen MR) is 106 cm³/mol. The summed E-state index contributed by atoms with van der Waals surface area (Å²) >= 11 is 7.02. The van der Waals surface area contributed by atoms with E-state index >= 15 is 0 Å². The fourth-order valence-electron chi connectivity index (χ4n) is 2.80. The number of hydrogen-bond donors (Lipinski definition) is 3. The molecule has 138 valence electrons. The van der Waals surface area contributed by atoms with Gasteiger partial charge in [-0.25, -0.2) is 4.98 Å². The van der Waals surface area contributed by atoms with Crippen molar-refractivity contribution in [3.05, 3.63) is 73.4 Å². The number of imidazole rings is 1. The van der Waals surface area contributed by atoms with Crippen LogP contribution < -0.4 is 9.61 Å². The van der Waals surface area contributed by atoms with Crippen molar-refractivity contribution < 1.29 is 9.84 Å². The third kappa shape index (κ3) is 3.84. The van der Waals surface area contributed by atoms with Crippen LogP contribution in [-0.2, 0) is 6.42 Å². The number of fused-ring (bicyclic) bond motifs is 1. The van der Waals surface area contributed by atoms with Crippen molar-refractivity contribution >= 4 is 34.0 Å². The number of rotatable bonds is 5. The molecule has 0 aliphatic rings. The van der Waals surface area contributed by atoms with Gasteiger partial charge in [0.2, 0.25) is 5.88 Å². The molecule has 0 aliphatic heterocycles.